The molecule has 0 spiro atoms. The van der Waals surface area contributed by atoms with E-state index in [-0.39, 0.29) is 0 Å². The molecule has 3 rings (SSSR count). The van der Waals surface area contributed by atoms with Gasteiger partial charge in [0.1, 0.15) is 0 Å². The molecule has 2 fully saturated rings. The van der Waals surface area contributed by atoms with Gasteiger partial charge in [-0.25, -0.2) is 4.98 Å². The molecule has 1 aromatic heterocycles. The van der Waals surface area contributed by atoms with Gasteiger partial charge in [-0.1, -0.05) is 12.8 Å². The van der Waals surface area contributed by atoms with Crippen molar-refractivity contribution >= 4 is 16.5 Å². The smallest absolute Gasteiger partial charge is 0.185 e. The minimum atomic E-state index is 0.620. The number of methoxy groups -OCH3 is 1. The Kier molecular flexibility index (Phi) is 5.14. The van der Waals surface area contributed by atoms with E-state index in [1.807, 2.05) is 11.3 Å². The highest BCUT2D eigenvalue weighted by Gasteiger charge is 2.23. The summed E-state index contributed by atoms with van der Waals surface area (Å²) < 4.78 is 5.32. The van der Waals surface area contributed by atoms with Crippen molar-refractivity contribution in [3.8, 4) is 0 Å². The summed E-state index contributed by atoms with van der Waals surface area (Å²) in [7, 11) is 3.94. The van der Waals surface area contributed by atoms with Crippen LogP contribution in [0.15, 0.2) is 0 Å². The summed E-state index contributed by atoms with van der Waals surface area (Å²) in [5.74, 6) is 0.859. The molecule has 1 N–H and O–H groups in total. The molecule has 118 valence electrons. The molecule has 1 heterocycles. The number of ether oxygens (including phenoxy) is 1. The Hall–Kier alpha value is -0.650. The Balaban J connectivity index is 1.63. The first kappa shape index (κ1) is 15.3. The van der Waals surface area contributed by atoms with Crippen LogP contribution in [0.2, 0.25) is 0 Å². The average molecular weight is 309 g/mol. The molecular formula is C16H27N3OS. The first-order valence-corrected chi connectivity index (χ1v) is 9.00. The largest absolute Gasteiger partial charge is 0.378 e. The van der Waals surface area contributed by atoms with E-state index in [2.05, 4.69) is 17.3 Å². The molecule has 2 aliphatic rings. The van der Waals surface area contributed by atoms with Crippen LogP contribution in [0.3, 0.4) is 0 Å². The van der Waals surface area contributed by atoms with Gasteiger partial charge >= 0.3 is 0 Å². The fourth-order valence-electron chi connectivity index (χ4n) is 3.10. The van der Waals surface area contributed by atoms with E-state index < -0.39 is 0 Å². The van der Waals surface area contributed by atoms with Gasteiger partial charge in [0.05, 0.1) is 12.3 Å². The van der Waals surface area contributed by atoms with Crippen molar-refractivity contribution < 1.29 is 4.74 Å². The predicted molar refractivity (Wildman–Crippen MR) is 87.9 cm³/mol. The number of hydrogen-bond donors (Lipinski definition) is 1. The topological polar surface area (TPSA) is 37.4 Å². The standard InChI is InChI=1S/C16H27N3OS/c1-19(10-12-5-3-4-6-12)16-18-14(11-20-2)15(21-16)9-17-13-7-8-13/h12-13,17H,3-11H2,1-2H3. The molecule has 0 unspecified atom stereocenters. The molecule has 0 aliphatic heterocycles. The number of thiazole rings is 1. The Morgan fingerprint density at radius 2 is 2.05 bits per heavy atom. The normalized spacial score (nSPS) is 19.3. The fraction of sp³-hybridized carbons (Fsp3) is 0.812. The number of nitrogens with one attached hydrogen (secondary N) is 1. The van der Waals surface area contributed by atoms with E-state index >= 15 is 0 Å². The lowest BCUT2D eigenvalue weighted by Crippen LogP contribution is -2.23. The van der Waals surface area contributed by atoms with E-state index in [4.69, 9.17) is 9.72 Å². The molecule has 0 radical (unpaired) electrons. The summed E-state index contributed by atoms with van der Waals surface area (Å²) >= 11 is 1.83. The zero-order valence-electron chi connectivity index (χ0n) is 13.2. The molecule has 0 bridgehead atoms. The molecule has 2 aliphatic carbocycles. The molecular weight excluding hydrogens is 282 g/mol. The number of hydrogen-bond acceptors (Lipinski definition) is 5. The Bertz CT molecular complexity index is 452. The van der Waals surface area contributed by atoms with Gasteiger partial charge in [-0.15, -0.1) is 11.3 Å². The maximum absolute atomic E-state index is 5.32. The van der Waals surface area contributed by atoms with Gasteiger partial charge < -0.3 is 15.0 Å². The first-order chi connectivity index (χ1) is 10.3. The van der Waals surface area contributed by atoms with Crippen LogP contribution in [0, 0.1) is 5.92 Å². The van der Waals surface area contributed by atoms with Gasteiger partial charge in [0.15, 0.2) is 5.13 Å². The molecule has 1 aromatic rings. The van der Waals surface area contributed by atoms with Crippen LogP contribution < -0.4 is 10.2 Å². The van der Waals surface area contributed by atoms with Gasteiger partial charge in [-0.2, -0.15) is 0 Å². The van der Waals surface area contributed by atoms with Crippen LogP contribution in [0.5, 0.6) is 0 Å². The van der Waals surface area contributed by atoms with E-state index in [1.54, 1.807) is 7.11 Å². The third kappa shape index (κ3) is 4.18. The zero-order valence-corrected chi connectivity index (χ0v) is 14.0. The lowest BCUT2D eigenvalue weighted by molar-refractivity contribution is 0.181. The summed E-state index contributed by atoms with van der Waals surface area (Å²) in [5.41, 5.74) is 1.11. The van der Waals surface area contributed by atoms with Gasteiger partial charge in [-0.05, 0) is 31.6 Å². The quantitative estimate of drug-likeness (QED) is 0.800. The molecule has 0 saturated heterocycles. The second kappa shape index (κ2) is 7.07. The van der Waals surface area contributed by atoms with Crippen molar-refractivity contribution in [2.24, 2.45) is 5.92 Å². The summed E-state index contributed by atoms with van der Waals surface area (Å²) in [5, 5.41) is 4.75. The summed E-state index contributed by atoms with van der Waals surface area (Å²) in [6.45, 7) is 2.71. The fourth-order valence-corrected chi connectivity index (χ4v) is 4.09. The molecule has 5 heteroatoms. The number of nitrogens with zero attached hydrogens (tertiary/aromatic N) is 2. The van der Waals surface area contributed by atoms with Crippen LogP contribution in [-0.2, 0) is 17.9 Å². The van der Waals surface area contributed by atoms with Crippen LogP contribution in [0.25, 0.3) is 0 Å². The summed E-state index contributed by atoms with van der Waals surface area (Å²) in [6, 6.07) is 0.738. The Morgan fingerprint density at radius 1 is 1.29 bits per heavy atom. The summed E-state index contributed by atoms with van der Waals surface area (Å²) in [6.07, 6.45) is 8.23. The predicted octanol–water partition coefficient (Wildman–Crippen LogP) is 3.17. The first-order valence-electron chi connectivity index (χ1n) is 8.18. The van der Waals surface area contributed by atoms with Crippen molar-refractivity contribution in [3.05, 3.63) is 10.6 Å². The number of anilines is 1. The summed E-state index contributed by atoms with van der Waals surface area (Å²) in [4.78, 5) is 8.51. The van der Waals surface area contributed by atoms with E-state index in [1.165, 1.54) is 43.4 Å². The second-order valence-electron chi connectivity index (χ2n) is 6.49. The molecule has 0 amide bonds. The maximum atomic E-state index is 5.32. The minimum Gasteiger partial charge on any atom is -0.378 e. The lowest BCUT2D eigenvalue weighted by atomic mass is 10.1. The van der Waals surface area contributed by atoms with Gasteiger partial charge in [0, 0.05) is 38.2 Å². The van der Waals surface area contributed by atoms with Crippen molar-refractivity contribution in [1.29, 1.82) is 0 Å². The zero-order chi connectivity index (χ0) is 14.7. The van der Waals surface area contributed by atoms with Gasteiger partial charge in [0.25, 0.3) is 0 Å². The van der Waals surface area contributed by atoms with E-state index in [0.717, 1.165) is 35.9 Å². The van der Waals surface area contributed by atoms with Gasteiger partial charge in [0.2, 0.25) is 0 Å². The highest BCUT2D eigenvalue weighted by Crippen LogP contribution is 2.31. The number of aromatic nitrogens is 1. The Labute approximate surface area is 131 Å². The SMILES string of the molecule is COCc1nc(N(C)CC2CCCC2)sc1CNC1CC1. The van der Waals surface area contributed by atoms with Crippen LogP contribution in [0.1, 0.15) is 49.1 Å². The van der Waals surface area contributed by atoms with Crippen LogP contribution in [-0.4, -0.2) is 31.7 Å². The highest BCUT2D eigenvalue weighted by molar-refractivity contribution is 7.15. The lowest BCUT2D eigenvalue weighted by Gasteiger charge is -2.19. The van der Waals surface area contributed by atoms with E-state index in [0.29, 0.717) is 6.61 Å². The van der Waals surface area contributed by atoms with Gasteiger partial charge in [-0.3, -0.25) is 0 Å². The highest BCUT2D eigenvalue weighted by atomic mass is 32.1. The second-order valence-corrected chi connectivity index (χ2v) is 7.55. The molecule has 4 nitrogen and oxygen atoms in total. The maximum Gasteiger partial charge on any atom is 0.185 e. The van der Waals surface area contributed by atoms with Crippen LogP contribution in [0.4, 0.5) is 5.13 Å². The number of rotatable bonds is 8. The van der Waals surface area contributed by atoms with Crippen molar-refractivity contribution in [1.82, 2.24) is 10.3 Å². The van der Waals surface area contributed by atoms with Crippen molar-refractivity contribution in [2.75, 3.05) is 25.6 Å². The monoisotopic (exact) mass is 309 g/mol. The third-order valence-electron chi connectivity index (χ3n) is 4.51. The Morgan fingerprint density at radius 3 is 2.71 bits per heavy atom. The average Bonchev–Trinajstić information content (AvgIpc) is 2.99. The molecule has 2 saturated carbocycles. The third-order valence-corrected chi connectivity index (χ3v) is 5.72. The van der Waals surface area contributed by atoms with Crippen molar-refractivity contribution in [2.45, 2.75) is 57.7 Å². The molecule has 0 atom stereocenters. The molecule has 21 heavy (non-hydrogen) atoms. The van der Waals surface area contributed by atoms with Crippen molar-refractivity contribution in [3.63, 3.8) is 0 Å². The van der Waals surface area contributed by atoms with E-state index in [9.17, 15) is 0 Å². The van der Waals surface area contributed by atoms with Crippen LogP contribution >= 0.6 is 11.3 Å². The minimum absolute atomic E-state index is 0.620. The molecule has 0 aromatic carbocycles.